The summed E-state index contributed by atoms with van der Waals surface area (Å²) in [5.74, 6) is -1.08. The minimum atomic E-state index is -0.603. The lowest BCUT2D eigenvalue weighted by Gasteiger charge is -2.10. The zero-order valence-electron chi connectivity index (χ0n) is 9.88. The predicted molar refractivity (Wildman–Crippen MR) is 82.9 cm³/mol. The van der Waals surface area contributed by atoms with Crippen LogP contribution in [0.2, 0.25) is 10.0 Å². The van der Waals surface area contributed by atoms with Crippen molar-refractivity contribution >= 4 is 56.4 Å². The summed E-state index contributed by atoms with van der Waals surface area (Å²) in [6.07, 6.45) is 0. The molecule has 0 saturated heterocycles. The van der Waals surface area contributed by atoms with Gasteiger partial charge in [0, 0.05) is 4.47 Å². The third-order valence-corrected chi connectivity index (χ3v) is 4.01. The Bertz CT molecular complexity index is 694. The van der Waals surface area contributed by atoms with Crippen LogP contribution in [0, 0.1) is 5.82 Å². The van der Waals surface area contributed by atoms with E-state index in [1.165, 1.54) is 6.07 Å². The van der Waals surface area contributed by atoms with Gasteiger partial charge in [0.1, 0.15) is 5.82 Å². The summed E-state index contributed by atoms with van der Waals surface area (Å²) in [5, 5.41) is 3.14. The maximum atomic E-state index is 13.2. The van der Waals surface area contributed by atoms with Gasteiger partial charge >= 0.3 is 0 Å². The van der Waals surface area contributed by atoms with Gasteiger partial charge in [0.15, 0.2) is 0 Å². The summed E-state index contributed by atoms with van der Waals surface area (Å²) in [6.45, 7) is 0. The minimum Gasteiger partial charge on any atom is -0.396 e. The van der Waals surface area contributed by atoms with Crippen molar-refractivity contribution in [2.24, 2.45) is 0 Å². The molecule has 2 aromatic rings. The van der Waals surface area contributed by atoms with E-state index in [2.05, 4.69) is 21.2 Å². The zero-order valence-corrected chi connectivity index (χ0v) is 13.0. The van der Waals surface area contributed by atoms with E-state index in [4.69, 9.17) is 28.9 Å². The van der Waals surface area contributed by atoms with Crippen LogP contribution in [-0.2, 0) is 0 Å². The molecule has 0 radical (unpaired) electrons. The van der Waals surface area contributed by atoms with Crippen LogP contribution < -0.4 is 11.1 Å². The number of benzene rings is 2. The Kier molecular flexibility index (Phi) is 4.52. The molecule has 104 valence electrons. The van der Waals surface area contributed by atoms with Crippen molar-refractivity contribution in [1.29, 1.82) is 0 Å². The number of carbonyl (C=O) groups excluding carboxylic acids is 1. The fraction of sp³-hybridized carbons (Fsp3) is 0. The molecule has 1 amide bonds. The Balaban J connectivity index is 2.33. The number of rotatable bonds is 2. The summed E-state index contributed by atoms with van der Waals surface area (Å²) in [6, 6.07) is 7.23. The molecule has 0 spiro atoms. The van der Waals surface area contributed by atoms with Crippen molar-refractivity contribution in [2.75, 3.05) is 11.1 Å². The highest BCUT2D eigenvalue weighted by Gasteiger charge is 2.15. The van der Waals surface area contributed by atoms with Crippen molar-refractivity contribution in [3.8, 4) is 0 Å². The van der Waals surface area contributed by atoms with Crippen LogP contribution in [0.4, 0.5) is 15.8 Å². The van der Waals surface area contributed by atoms with E-state index in [1.54, 1.807) is 18.2 Å². The van der Waals surface area contributed by atoms with Crippen LogP contribution in [0.25, 0.3) is 0 Å². The van der Waals surface area contributed by atoms with Gasteiger partial charge in [-0.1, -0.05) is 29.3 Å². The number of carbonyl (C=O) groups is 1. The average Bonchev–Trinajstić information content (AvgIpc) is 2.39. The first-order valence-corrected chi connectivity index (χ1v) is 6.95. The molecule has 0 heterocycles. The molecule has 0 atom stereocenters. The number of nitrogens with one attached hydrogen (secondary N) is 1. The van der Waals surface area contributed by atoms with Crippen molar-refractivity contribution in [3.05, 3.63) is 56.2 Å². The van der Waals surface area contributed by atoms with Crippen LogP contribution in [0.3, 0.4) is 0 Å². The number of halogens is 4. The van der Waals surface area contributed by atoms with Crippen LogP contribution in [0.15, 0.2) is 34.8 Å². The van der Waals surface area contributed by atoms with E-state index in [9.17, 15) is 9.18 Å². The molecule has 0 unspecified atom stereocenters. The molecule has 0 aliphatic carbocycles. The highest BCUT2D eigenvalue weighted by Crippen LogP contribution is 2.30. The fourth-order valence-electron chi connectivity index (χ4n) is 1.53. The predicted octanol–water partition coefficient (Wildman–Crippen LogP) is 4.73. The molecule has 0 bridgehead atoms. The Morgan fingerprint density at radius 3 is 2.70 bits per heavy atom. The van der Waals surface area contributed by atoms with E-state index in [1.807, 2.05) is 0 Å². The maximum Gasteiger partial charge on any atom is 0.256 e. The van der Waals surface area contributed by atoms with E-state index < -0.39 is 11.7 Å². The fourth-order valence-corrected chi connectivity index (χ4v) is 2.37. The van der Waals surface area contributed by atoms with Gasteiger partial charge in [-0.2, -0.15) is 0 Å². The van der Waals surface area contributed by atoms with Crippen LogP contribution in [0.1, 0.15) is 10.4 Å². The van der Waals surface area contributed by atoms with Gasteiger partial charge in [-0.3, -0.25) is 4.79 Å². The van der Waals surface area contributed by atoms with Crippen LogP contribution in [-0.4, -0.2) is 5.91 Å². The van der Waals surface area contributed by atoms with E-state index in [0.717, 1.165) is 6.07 Å². The molecule has 0 fully saturated rings. The molecule has 2 rings (SSSR count). The minimum absolute atomic E-state index is 0.115. The number of hydrogen-bond acceptors (Lipinski definition) is 2. The first-order valence-electron chi connectivity index (χ1n) is 5.40. The second-order valence-corrected chi connectivity index (χ2v) is 5.55. The topological polar surface area (TPSA) is 55.1 Å². The molecule has 0 aromatic heterocycles. The van der Waals surface area contributed by atoms with Crippen molar-refractivity contribution in [1.82, 2.24) is 0 Å². The normalized spacial score (nSPS) is 10.4. The van der Waals surface area contributed by atoms with Gasteiger partial charge < -0.3 is 11.1 Å². The molecule has 0 aliphatic rings. The SMILES string of the molecule is Nc1cc(C(=O)Nc2cccc(Cl)c2Cl)c(Br)cc1F. The molecule has 7 heteroatoms. The van der Waals surface area contributed by atoms with E-state index in [0.29, 0.717) is 15.2 Å². The van der Waals surface area contributed by atoms with Crippen molar-refractivity contribution in [3.63, 3.8) is 0 Å². The Labute approximate surface area is 133 Å². The maximum absolute atomic E-state index is 13.2. The number of hydrogen-bond donors (Lipinski definition) is 2. The van der Waals surface area contributed by atoms with Crippen LogP contribution in [0.5, 0.6) is 0 Å². The molecular weight excluding hydrogens is 370 g/mol. The lowest BCUT2D eigenvalue weighted by Crippen LogP contribution is -2.13. The van der Waals surface area contributed by atoms with Gasteiger partial charge in [-0.15, -0.1) is 0 Å². The summed E-state index contributed by atoms with van der Waals surface area (Å²) >= 11 is 14.9. The molecule has 2 aromatic carbocycles. The lowest BCUT2D eigenvalue weighted by atomic mass is 10.1. The van der Waals surface area contributed by atoms with Gasteiger partial charge in [0.25, 0.3) is 5.91 Å². The largest absolute Gasteiger partial charge is 0.396 e. The Hall–Kier alpha value is -1.30. The third-order valence-electron chi connectivity index (χ3n) is 2.53. The molecule has 20 heavy (non-hydrogen) atoms. The highest BCUT2D eigenvalue weighted by atomic mass is 79.9. The van der Waals surface area contributed by atoms with E-state index in [-0.39, 0.29) is 16.3 Å². The van der Waals surface area contributed by atoms with Gasteiger partial charge in [-0.05, 0) is 40.2 Å². The molecule has 3 nitrogen and oxygen atoms in total. The number of nitrogens with two attached hydrogens (primary N) is 1. The summed E-state index contributed by atoms with van der Waals surface area (Å²) in [4.78, 5) is 12.1. The standard InChI is InChI=1S/C13H8BrCl2FN2O/c14-7-5-9(17)10(18)4-6(7)13(20)19-11-3-1-2-8(15)12(11)16/h1-5H,18H2,(H,19,20). The Morgan fingerprint density at radius 2 is 2.00 bits per heavy atom. The lowest BCUT2D eigenvalue weighted by molar-refractivity contribution is 0.102. The molecule has 0 saturated carbocycles. The van der Waals surface area contributed by atoms with Crippen LogP contribution >= 0.6 is 39.1 Å². The number of nitrogen functional groups attached to an aromatic ring is 1. The van der Waals surface area contributed by atoms with Gasteiger partial charge in [-0.25, -0.2) is 4.39 Å². The monoisotopic (exact) mass is 376 g/mol. The first-order chi connectivity index (χ1) is 9.40. The molecular formula is C13H8BrCl2FN2O. The van der Waals surface area contributed by atoms with Gasteiger partial charge in [0.2, 0.25) is 0 Å². The Morgan fingerprint density at radius 1 is 1.30 bits per heavy atom. The summed E-state index contributed by atoms with van der Waals surface area (Å²) < 4.78 is 13.5. The second-order valence-electron chi connectivity index (χ2n) is 3.91. The van der Waals surface area contributed by atoms with Crippen molar-refractivity contribution < 1.29 is 9.18 Å². The third kappa shape index (κ3) is 3.06. The smallest absolute Gasteiger partial charge is 0.256 e. The molecule has 0 aliphatic heterocycles. The average molecular weight is 378 g/mol. The summed E-state index contributed by atoms with van der Waals surface area (Å²) in [5.41, 5.74) is 5.89. The summed E-state index contributed by atoms with van der Waals surface area (Å²) in [7, 11) is 0. The van der Waals surface area contributed by atoms with E-state index >= 15 is 0 Å². The van der Waals surface area contributed by atoms with Crippen molar-refractivity contribution in [2.45, 2.75) is 0 Å². The first kappa shape index (κ1) is 15.1. The zero-order chi connectivity index (χ0) is 14.9. The second kappa shape index (κ2) is 5.99. The molecule has 3 N–H and O–H groups in total. The quantitative estimate of drug-likeness (QED) is 0.743. The highest BCUT2D eigenvalue weighted by molar-refractivity contribution is 9.10. The number of anilines is 2. The van der Waals surface area contributed by atoms with Gasteiger partial charge in [0.05, 0.1) is 27.0 Å². The number of amides is 1.